The zero-order valence-electron chi connectivity index (χ0n) is 12.3. The molecule has 0 saturated heterocycles. The topological polar surface area (TPSA) is 21.3 Å². The first kappa shape index (κ1) is 14.5. The monoisotopic (exact) mass is 261 g/mol. The Bertz CT molecular complexity index is 377. The van der Waals surface area contributed by atoms with Gasteiger partial charge in [-0.2, -0.15) is 0 Å². The molecule has 2 unspecified atom stereocenters. The minimum Gasteiger partial charge on any atom is -0.385 e. The first-order valence-electron chi connectivity index (χ1n) is 7.67. The fraction of sp³-hybridized carbons (Fsp3) is 0.647. The van der Waals surface area contributed by atoms with Crippen molar-refractivity contribution in [3.05, 3.63) is 35.4 Å². The molecule has 1 aliphatic rings. The van der Waals surface area contributed by atoms with Crippen LogP contribution in [0, 0.1) is 5.92 Å². The van der Waals surface area contributed by atoms with Gasteiger partial charge in [-0.3, -0.25) is 0 Å². The maximum atomic E-state index is 5.14. The van der Waals surface area contributed by atoms with Crippen LogP contribution in [0.25, 0.3) is 0 Å². The summed E-state index contributed by atoms with van der Waals surface area (Å²) in [5, 5.41) is 3.75. The van der Waals surface area contributed by atoms with E-state index in [4.69, 9.17) is 4.74 Å². The summed E-state index contributed by atoms with van der Waals surface area (Å²) >= 11 is 0. The van der Waals surface area contributed by atoms with E-state index >= 15 is 0 Å². The molecule has 0 aliphatic heterocycles. The van der Waals surface area contributed by atoms with E-state index in [1.54, 1.807) is 12.7 Å². The molecule has 0 aromatic heterocycles. The van der Waals surface area contributed by atoms with Crippen molar-refractivity contribution in [2.75, 3.05) is 20.3 Å². The Balaban J connectivity index is 1.95. The third kappa shape index (κ3) is 3.80. The molecule has 2 atom stereocenters. The summed E-state index contributed by atoms with van der Waals surface area (Å²) in [6.07, 6.45) is 6.21. The summed E-state index contributed by atoms with van der Waals surface area (Å²) in [5.41, 5.74) is 3.08. The van der Waals surface area contributed by atoms with Crippen molar-refractivity contribution in [3.63, 3.8) is 0 Å². The highest BCUT2D eigenvalue weighted by atomic mass is 16.5. The number of rotatable bonds is 8. The van der Waals surface area contributed by atoms with Crippen LogP contribution in [0.2, 0.25) is 0 Å². The van der Waals surface area contributed by atoms with Gasteiger partial charge in [0, 0.05) is 19.8 Å². The standard InChI is InChI=1S/C17H27NO/c1-3-11-18-17-15(9-6-7-12-19-2)13-14-8-4-5-10-16(14)17/h4-5,8,10,15,17-18H,3,6-7,9,11-13H2,1-2H3. The molecule has 0 bridgehead atoms. The summed E-state index contributed by atoms with van der Waals surface area (Å²) in [5.74, 6) is 0.765. The van der Waals surface area contributed by atoms with Crippen LogP contribution in [0.1, 0.15) is 49.8 Å². The van der Waals surface area contributed by atoms with Crippen molar-refractivity contribution in [2.45, 2.75) is 45.1 Å². The van der Waals surface area contributed by atoms with Gasteiger partial charge in [0.15, 0.2) is 0 Å². The van der Waals surface area contributed by atoms with Crippen molar-refractivity contribution in [1.82, 2.24) is 5.32 Å². The zero-order chi connectivity index (χ0) is 13.5. The van der Waals surface area contributed by atoms with Gasteiger partial charge < -0.3 is 10.1 Å². The van der Waals surface area contributed by atoms with Crippen LogP contribution in [0.3, 0.4) is 0 Å². The molecule has 1 N–H and O–H groups in total. The molecule has 0 amide bonds. The first-order valence-corrected chi connectivity index (χ1v) is 7.67. The van der Waals surface area contributed by atoms with E-state index in [2.05, 4.69) is 36.5 Å². The van der Waals surface area contributed by atoms with E-state index in [1.807, 2.05) is 0 Å². The van der Waals surface area contributed by atoms with Gasteiger partial charge in [0.2, 0.25) is 0 Å². The van der Waals surface area contributed by atoms with Crippen LogP contribution in [-0.4, -0.2) is 20.3 Å². The minimum atomic E-state index is 0.568. The number of benzene rings is 1. The van der Waals surface area contributed by atoms with Gasteiger partial charge in [-0.25, -0.2) is 0 Å². The van der Waals surface area contributed by atoms with Crippen molar-refractivity contribution >= 4 is 0 Å². The van der Waals surface area contributed by atoms with Crippen LogP contribution in [0.15, 0.2) is 24.3 Å². The Morgan fingerprint density at radius 2 is 2.11 bits per heavy atom. The lowest BCUT2D eigenvalue weighted by Gasteiger charge is -2.22. The second-order valence-electron chi connectivity index (χ2n) is 5.58. The average molecular weight is 261 g/mol. The Morgan fingerprint density at radius 1 is 1.26 bits per heavy atom. The molecule has 0 fully saturated rings. The molecule has 19 heavy (non-hydrogen) atoms. The molecule has 1 aromatic carbocycles. The first-order chi connectivity index (χ1) is 9.36. The molecule has 2 nitrogen and oxygen atoms in total. The maximum Gasteiger partial charge on any atom is 0.0462 e. The Labute approximate surface area is 117 Å². The summed E-state index contributed by atoms with van der Waals surface area (Å²) < 4.78 is 5.14. The van der Waals surface area contributed by atoms with E-state index in [0.717, 1.165) is 19.1 Å². The molecule has 0 radical (unpaired) electrons. The van der Waals surface area contributed by atoms with E-state index in [0.29, 0.717) is 6.04 Å². The van der Waals surface area contributed by atoms with Crippen LogP contribution >= 0.6 is 0 Å². The second-order valence-corrected chi connectivity index (χ2v) is 5.58. The van der Waals surface area contributed by atoms with Gasteiger partial charge in [-0.15, -0.1) is 0 Å². The molecule has 0 saturated carbocycles. The van der Waals surface area contributed by atoms with E-state index < -0.39 is 0 Å². The Hall–Kier alpha value is -0.860. The van der Waals surface area contributed by atoms with Gasteiger partial charge in [0.1, 0.15) is 0 Å². The predicted octanol–water partition coefficient (Wildman–Crippen LogP) is 3.72. The molecule has 1 aromatic rings. The Morgan fingerprint density at radius 3 is 2.89 bits per heavy atom. The van der Waals surface area contributed by atoms with Gasteiger partial charge >= 0.3 is 0 Å². The van der Waals surface area contributed by atoms with Crippen molar-refractivity contribution < 1.29 is 4.74 Å². The number of hydrogen-bond acceptors (Lipinski definition) is 2. The minimum absolute atomic E-state index is 0.568. The quantitative estimate of drug-likeness (QED) is 0.720. The SMILES string of the molecule is CCCNC1c2ccccc2CC1CCCCOC. The normalized spacial score (nSPS) is 21.6. The lowest BCUT2D eigenvalue weighted by molar-refractivity contribution is 0.189. The van der Waals surface area contributed by atoms with Crippen LogP contribution in [0.4, 0.5) is 0 Å². The molecule has 0 heterocycles. The number of nitrogens with one attached hydrogen (secondary N) is 1. The smallest absolute Gasteiger partial charge is 0.0462 e. The van der Waals surface area contributed by atoms with Gasteiger partial charge in [0.25, 0.3) is 0 Å². The molecule has 2 heteroatoms. The number of ether oxygens (including phenoxy) is 1. The number of hydrogen-bond donors (Lipinski definition) is 1. The molecule has 2 rings (SSSR count). The van der Waals surface area contributed by atoms with Crippen LogP contribution in [-0.2, 0) is 11.2 Å². The summed E-state index contributed by atoms with van der Waals surface area (Å²) in [6, 6.07) is 9.51. The van der Waals surface area contributed by atoms with Gasteiger partial charge in [-0.1, -0.05) is 37.6 Å². The van der Waals surface area contributed by atoms with Gasteiger partial charge in [0.05, 0.1) is 0 Å². The van der Waals surface area contributed by atoms with Crippen LogP contribution in [0.5, 0.6) is 0 Å². The maximum absolute atomic E-state index is 5.14. The van der Waals surface area contributed by atoms with Crippen molar-refractivity contribution in [1.29, 1.82) is 0 Å². The number of fused-ring (bicyclic) bond motifs is 1. The molecule has 1 aliphatic carbocycles. The Kier molecular flexibility index (Phi) is 5.87. The van der Waals surface area contributed by atoms with E-state index in [9.17, 15) is 0 Å². The average Bonchev–Trinajstić information content (AvgIpc) is 2.79. The predicted molar refractivity (Wildman–Crippen MR) is 80.4 cm³/mol. The third-order valence-corrected chi connectivity index (χ3v) is 4.13. The molecular formula is C17H27NO. The number of methoxy groups -OCH3 is 1. The summed E-state index contributed by atoms with van der Waals surface area (Å²) in [6.45, 7) is 4.25. The molecule has 106 valence electrons. The lowest BCUT2D eigenvalue weighted by Crippen LogP contribution is -2.26. The fourth-order valence-corrected chi connectivity index (χ4v) is 3.18. The summed E-state index contributed by atoms with van der Waals surface area (Å²) in [7, 11) is 1.79. The van der Waals surface area contributed by atoms with Crippen molar-refractivity contribution in [3.8, 4) is 0 Å². The number of unbranched alkanes of at least 4 members (excludes halogenated alkanes) is 1. The highest BCUT2D eigenvalue weighted by molar-refractivity contribution is 5.35. The van der Waals surface area contributed by atoms with Crippen molar-refractivity contribution in [2.24, 2.45) is 5.92 Å². The van der Waals surface area contributed by atoms with Crippen LogP contribution < -0.4 is 5.32 Å². The highest BCUT2D eigenvalue weighted by Gasteiger charge is 2.30. The summed E-state index contributed by atoms with van der Waals surface area (Å²) in [4.78, 5) is 0. The van der Waals surface area contributed by atoms with Gasteiger partial charge in [-0.05, 0) is 49.3 Å². The second kappa shape index (κ2) is 7.66. The lowest BCUT2D eigenvalue weighted by atomic mass is 9.94. The fourth-order valence-electron chi connectivity index (χ4n) is 3.18. The molecule has 0 spiro atoms. The van der Waals surface area contributed by atoms with E-state index in [1.165, 1.54) is 37.7 Å². The zero-order valence-corrected chi connectivity index (χ0v) is 12.3. The highest BCUT2D eigenvalue weighted by Crippen LogP contribution is 2.38. The van der Waals surface area contributed by atoms with E-state index in [-0.39, 0.29) is 0 Å². The third-order valence-electron chi connectivity index (χ3n) is 4.13. The largest absolute Gasteiger partial charge is 0.385 e. The molecular weight excluding hydrogens is 234 g/mol.